The number of hydrogen-bond donors (Lipinski definition) is 1. The molecule has 3 aromatic rings. The first-order valence-corrected chi connectivity index (χ1v) is 14.7. The lowest BCUT2D eigenvalue weighted by Crippen LogP contribution is -2.49. The van der Waals surface area contributed by atoms with E-state index in [0.717, 1.165) is 29.4 Å². The van der Waals surface area contributed by atoms with Crippen molar-refractivity contribution < 1.29 is 14.3 Å². The van der Waals surface area contributed by atoms with E-state index < -0.39 is 22.9 Å². The molecule has 2 amide bonds. The van der Waals surface area contributed by atoms with Gasteiger partial charge in [-0.05, 0) is 58.1 Å². The molecule has 228 valence electrons. The van der Waals surface area contributed by atoms with Gasteiger partial charge < -0.3 is 19.9 Å². The molecule has 5 rings (SSSR count). The molecule has 1 atom stereocenters. The SMILES string of the molecule is CC#CCn1c(N2CCC[C@@H](NC(=O)OC(C)(C)C)C2)nc2c1c(=O)n(CC(=O)N1CCc3ccccc3C1)c(=O)n2C. The number of benzene rings is 1. The lowest BCUT2D eigenvalue weighted by molar-refractivity contribution is -0.132. The van der Waals surface area contributed by atoms with Crippen molar-refractivity contribution in [2.75, 3.05) is 24.5 Å². The molecule has 0 radical (unpaired) electrons. The number of rotatable bonds is 5. The van der Waals surface area contributed by atoms with Crippen molar-refractivity contribution in [3.8, 4) is 11.8 Å². The number of amides is 2. The van der Waals surface area contributed by atoms with Crippen molar-refractivity contribution in [3.63, 3.8) is 0 Å². The zero-order valence-electron chi connectivity index (χ0n) is 25.5. The second kappa shape index (κ2) is 12.0. The number of nitrogens with one attached hydrogen (secondary N) is 1. The summed E-state index contributed by atoms with van der Waals surface area (Å²) in [6.07, 6.45) is 1.77. The monoisotopic (exact) mass is 589 g/mol. The largest absolute Gasteiger partial charge is 0.444 e. The third-order valence-corrected chi connectivity index (χ3v) is 7.83. The zero-order chi connectivity index (χ0) is 30.9. The van der Waals surface area contributed by atoms with Gasteiger partial charge in [0.25, 0.3) is 5.56 Å². The quantitative estimate of drug-likeness (QED) is 0.452. The Balaban J connectivity index is 1.47. The molecule has 2 aliphatic heterocycles. The van der Waals surface area contributed by atoms with E-state index in [-0.39, 0.29) is 36.2 Å². The second-order valence-electron chi connectivity index (χ2n) is 12.1. The van der Waals surface area contributed by atoms with Crippen LogP contribution in [0.25, 0.3) is 11.2 Å². The minimum absolute atomic E-state index is 0.174. The van der Waals surface area contributed by atoms with Crippen LogP contribution in [-0.2, 0) is 42.6 Å². The third kappa shape index (κ3) is 6.30. The Labute approximate surface area is 250 Å². The number of aromatic nitrogens is 4. The molecule has 12 nitrogen and oxygen atoms in total. The average molecular weight is 590 g/mol. The molecule has 4 heterocycles. The molecule has 43 heavy (non-hydrogen) atoms. The van der Waals surface area contributed by atoms with Gasteiger partial charge in [0.15, 0.2) is 11.2 Å². The molecule has 2 aliphatic rings. The summed E-state index contributed by atoms with van der Waals surface area (Å²) in [5, 5.41) is 2.94. The zero-order valence-corrected chi connectivity index (χ0v) is 25.5. The van der Waals surface area contributed by atoms with Gasteiger partial charge in [-0.15, -0.1) is 5.92 Å². The number of hydrogen-bond acceptors (Lipinski definition) is 7. The number of aryl methyl sites for hydroxylation is 1. The Bertz CT molecular complexity index is 1730. The number of fused-ring (bicyclic) bond motifs is 2. The molecule has 1 N–H and O–H groups in total. The summed E-state index contributed by atoms with van der Waals surface area (Å²) in [6, 6.07) is 7.78. The molecule has 1 aromatic carbocycles. The average Bonchev–Trinajstić information content (AvgIpc) is 3.35. The summed E-state index contributed by atoms with van der Waals surface area (Å²) in [4.78, 5) is 61.6. The van der Waals surface area contributed by atoms with Gasteiger partial charge in [0, 0.05) is 39.3 Å². The first-order valence-electron chi connectivity index (χ1n) is 14.7. The van der Waals surface area contributed by atoms with Gasteiger partial charge in [-0.2, -0.15) is 4.98 Å². The first-order chi connectivity index (χ1) is 20.5. The fourth-order valence-corrected chi connectivity index (χ4v) is 5.74. The number of ether oxygens (including phenoxy) is 1. The van der Waals surface area contributed by atoms with Crippen LogP contribution in [0.1, 0.15) is 51.7 Å². The summed E-state index contributed by atoms with van der Waals surface area (Å²) in [6.45, 7) is 9.01. The van der Waals surface area contributed by atoms with Gasteiger partial charge >= 0.3 is 11.8 Å². The van der Waals surface area contributed by atoms with Crippen LogP contribution >= 0.6 is 0 Å². The minimum atomic E-state index is -0.615. The number of piperidine rings is 1. The molecule has 1 fully saturated rings. The number of carbonyl (C=O) groups excluding carboxylic acids is 2. The normalized spacial score (nSPS) is 16.8. The number of carbonyl (C=O) groups is 2. The molecular weight excluding hydrogens is 550 g/mol. The number of nitrogens with zero attached hydrogens (tertiary/aromatic N) is 6. The fraction of sp³-hybridized carbons (Fsp3) is 0.516. The van der Waals surface area contributed by atoms with Crippen molar-refractivity contribution in [2.45, 2.75) is 78.2 Å². The van der Waals surface area contributed by atoms with Crippen LogP contribution in [0.3, 0.4) is 0 Å². The van der Waals surface area contributed by atoms with Gasteiger partial charge in [-0.3, -0.25) is 18.7 Å². The molecule has 0 spiro atoms. The van der Waals surface area contributed by atoms with Gasteiger partial charge in [-0.25, -0.2) is 14.2 Å². The standard InChI is InChI=1S/C31H39N7O5/c1-6-7-16-37-25-26(33-28(37)36-15-10-13-23(19-36)32-29(41)43-31(2,3)4)34(5)30(42)38(27(25)40)20-24(39)35-17-14-21-11-8-9-12-22(21)18-35/h8-9,11-12,23H,10,13-20H2,1-5H3,(H,32,41)/t23-/m1/s1. The van der Waals surface area contributed by atoms with E-state index in [1.54, 1.807) is 23.4 Å². The summed E-state index contributed by atoms with van der Waals surface area (Å²) >= 11 is 0. The Hall–Kier alpha value is -4.53. The predicted octanol–water partition coefficient (Wildman–Crippen LogP) is 2.00. The summed E-state index contributed by atoms with van der Waals surface area (Å²) in [7, 11) is 1.55. The molecule has 0 saturated carbocycles. The number of anilines is 1. The lowest BCUT2D eigenvalue weighted by atomic mass is 10.00. The molecule has 0 aliphatic carbocycles. The van der Waals surface area contributed by atoms with E-state index in [1.807, 2.05) is 43.9 Å². The molecule has 0 bridgehead atoms. The van der Waals surface area contributed by atoms with E-state index in [0.29, 0.717) is 32.1 Å². The van der Waals surface area contributed by atoms with Crippen LogP contribution in [0.5, 0.6) is 0 Å². The molecule has 12 heteroatoms. The van der Waals surface area contributed by atoms with Crippen molar-refractivity contribution >= 4 is 29.1 Å². The van der Waals surface area contributed by atoms with E-state index in [9.17, 15) is 19.2 Å². The molecule has 1 saturated heterocycles. The van der Waals surface area contributed by atoms with Gasteiger partial charge in [0.05, 0.1) is 6.54 Å². The van der Waals surface area contributed by atoms with Crippen LogP contribution < -0.4 is 21.5 Å². The Morgan fingerprint density at radius 3 is 2.58 bits per heavy atom. The molecule has 2 aromatic heterocycles. The van der Waals surface area contributed by atoms with Crippen LogP contribution in [0.2, 0.25) is 0 Å². The van der Waals surface area contributed by atoms with Crippen molar-refractivity contribution in [3.05, 3.63) is 56.2 Å². The summed E-state index contributed by atoms with van der Waals surface area (Å²) in [5.74, 6) is 6.08. The lowest BCUT2D eigenvalue weighted by Gasteiger charge is -2.34. The highest BCUT2D eigenvalue weighted by atomic mass is 16.6. The second-order valence-corrected chi connectivity index (χ2v) is 12.1. The highest BCUT2D eigenvalue weighted by molar-refractivity contribution is 5.78. The third-order valence-electron chi connectivity index (χ3n) is 7.83. The van der Waals surface area contributed by atoms with Crippen LogP contribution in [-0.4, -0.2) is 66.9 Å². The van der Waals surface area contributed by atoms with Gasteiger partial charge in [0.2, 0.25) is 11.9 Å². The number of alkyl carbamates (subject to hydrolysis) is 1. The van der Waals surface area contributed by atoms with E-state index in [2.05, 4.69) is 23.2 Å². The number of imidazole rings is 1. The molecule has 0 unspecified atom stereocenters. The Morgan fingerprint density at radius 1 is 1.12 bits per heavy atom. The fourth-order valence-electron chi connectivity index (χ4n) is 5.74. The smallest absolute Gasteiger partial charge is 0.407 e. The summed E-state index contributed by atoms with van der Waals surface area (Å²) in [5.41, 5.74) is 0.899. The maximum absolute atomic E-state index is 13.9. The van der Waals surface area contributed by atoms with Crippen molar-refractivity contribution in [2.24, 2.45) is 7.05 Å². The Kier molecular flexibility index (Phi) is 8.35. The van der Waals surface area contributed by atoms with Crippen molar-refractivity contribution in [1.29, 1.82) is 0 Å². The van der Waals surface area contributed by atoms with Crippen LogP contribution in [0.4, 0.5) is 10.7 Å². The summed E-state index contributed by atoms with van der Waals surface area (Å²) < 4.78 is 9.46. The van der Waals surface area contributed by atoms with Crippen molar-refractivity contribution in [1.82, 2.24) is 28.9 Å². The van der Waals surface area contributed by atoms with Crippen LogP contribution in [0.15, 0.2) is 33.9 Å². The predicted molar refractivity (Wildman–Crippen MR) is 163 cm³/mol. The highest BCUT2D eigenvalue weighted by Crippen LogP contribution is 2.24. The van der Waals surface area contributed by atoms with E-state index >= 15 is 0 Å². The van der Waals surface area contributed by atoms with Gasteiger partial charge in [0.1, 0.15) is 12.1 Å². The maximum atomic E-state index is 13.9. The first kappa shape index (κ1) is 29.9. The van der Waals surface area contributed by atoms with E-state index in [1.165, 1.54) is 10.1 Å². The van der Waals surface area contributed by atoms with E-state index in [4.69, 9.17) is 9.72 Å². The Morgan fingerprint density at radius 2 is 1.86 bits per heavy atom. The molecular formula is C31H39N7O5. The van der Waals surface area contributed by atoms with Gasteiger partial charge in [-0.1, -0.05) is 30.2 Å². The topological polar surface area (TPSA) is 124 Å². The highest BCUT2D eigenvalue weighted by Gasteiger charge is 2.30. The minimum Gasteiger partial charge on any atom is -0.444 e. The maximum Gasteiger partial charge on any atom is 0.407 e. The van der Waals surface area contributed by atoms with Crippen LogP contribution in [0, 0.1) is 11.8 Å².